The lowest BCUT2D eigenvalue weighted by molar-refractivity contribution is 0.548. The Bertz CT molecular complexity index is 706. The van der Waals surface area contributed by atoms with Crippen LogP contribution in [0.25, 0.3) is 11.3 Å². The fourth-order valence-electron chi connectivity index (χ4n) is 2.42. The minimum atomic E-state index is 0.0853. The molecular weight excluding hydrogens is 262 g/mol. The lowest BCUT2D eigenvalue weighted by Crippen LogP contribution is -2.11. The van der Waals surface area contributed by atoms with Crippen molar-refractivity contribution >= 4 is 0 Å². The molecule has 0 fully saturated rings. The van der Waals surface area contributed by atoms with Gasteiger partial charge in [0.05, 0.1) is 11.7 Å². The highest BCUT2D eigenvalue weighted by Crippen LogP contribution is 2.27. The van der Waals surface area contributed by atoms with Gasteiger partial charge in [0.25, 0.3) is 0 Å². The van der Waals surface area contributed by atoms with E-state index in [0.29, 0.717) is 6.54 Å². The molecule has 1 aromatic carbocycles. The molecule has 2 heterocycles. The van der Waals surface area contributed by atoms with Crippen molar-refractivity contribution in [3.05, 3.63) is 66.1 Å². The first-order chi connectivity index (χ1) is 10.3. The van der Waals surface area contributed by atoms with Crippen LogP contribution >= 0.6 is 0 Å². The third-order valence-electron chi connectivity index (χ3n) is 3.56. The van der Waals surface area contributed by atoms with Crippen molar-refractivity contribution in [1.29, 1.82) is 0 Å². The van der Waals surface area contributed by atoms with Crippen molar-refractivity contribution in [1.82, 2.24) is 20.0 Å². The Labute approximate surface area is 123 Å². The minimum absolute atomic E-state index is 0.0853. The van der Waals surface area contributed by atoms with E-state index >= 15 is 0 Å². The highest BCUT2D eigenvalue weighted by Gasteiger charge is 2.18. The van der Waals surface area contributed by atoms with E-state index in [1.165, 1.54) is 5.56 Å². The highest BCUT2D eigenvalue weighted by atomic mass is 15.4. The van der Waals surface area contributed by atoms with Crippen molar-refractivity contribution in [3.63, 3.8) is 0 Å². The van der Waals surface area contributed by atoms with Crippen LogP contribution in [0.5, 0.6) is 0 Å². The van der Waals surface area contributed by atoms with Gasteiger partial charge in [0.2, 0.25) is 0 Å². The summed E-state index contributed by atoms with van der Waals surface area (Å²) in [5, 5.41) is 8.53. The van der Waals surface area contributed by atoms with Crippen LogP contribution in [0, 0.1) is 0 Å². The maximum atomic E-state index is 5.81. The number of hydrogen-bond acceptors (Lipinski definition) is 4. The molecule has 0 radical (unpaired) electrons. The molecule has 0 aliphatic rings. The first-order valence-electron chi connectivity index (χ1n) is 6.90. The second-order valence-corrected chi connectivity index (χ2v) is 4.86. The molecule has 1 atom stereocenters. The average molecular weight is 279 g/mol. The summed E-state index contributed by atoms with van der Waals surface area (Å²) < 4.78 is 1.92. The predicted molar refractivity (Wildman–Crippen MR) is 81.4 cm³/mol. The monoisotopic (exact) mass is 279 g/mol. The SMILES string of the molecule is CC(c1ccccc1)n1nnc(CN)c1-c1ccncc1. The van der Waals surface area contributed by atoms with Gasteiger partial charge in [-0.25, -0.2) is 4.68 Å². The van der Waals surface area contributed by atoms with Crippen LogP contribution in [0.15, 0.2) is 54.9 Å². The fraction of sp³-hybridized carbons (Fsp3) is 0.188. The van der Waals surface area contributed by atoms with E-state index in [4.69, 9.17) is 5.73 Å². The number of nitrogens with two attached hydrogens (primary N) is 1. The first kappa shape index (κ1) is 13.5. The van der Waals surface area contributed by atoms with Gasteiger partial charge < -0.3 is 5.73 Å². The number of aromatic nitrogens is 4. The molecule has 0 amide bonds. The molecule has 21 heavy (non-hydrogen) atoms. The van der Waals surface area contributed by atoms with E-state index in [2.05, 4.69) is 34.4 Å². The van der Waals surface area contributed by atoms with Crippen LogP contribution in [0.1, 0.15) is 24.2 Å². The summed E-state index contributed by atoms with van der Waals surface area (Å²) in [6.07, 6.45) is 3.53. The van der Waals surface area contributed by atoms with Gasteiger partial charge in [-0.05, 0) is 24.6 Å². The van der Waals surface area contributed by atoms with Gasteiger partial charge in [0, 0.05) is 24.5 Å². The summed E-state index contributed by atoms with van der Waals surface area (Å²) in [6.45, 7) is 2.47. The smallest absolute Gasteiger partial charge is 0.104 e. The first-order valence-corrected chi connectivity index (χ1v) is 6.90. The summed E-state index contributed by atoms with van der Waals surface area (Å²) in [4.78, 5) is 4.06. The molecular formula is C16H17N5. The molecule has 0 aliphatic heterocycles. The second kappa shape index (κ2) is 5.85. The molecule has 0 bridgehead atoms. The average Bonchev–Trinajstić information content (AvgIpc) is 2.99. The van der Waals surface area contributed by atoms with Crippen LogP contribution in [-0.2, 0) is 6.54 Å². The topological polar surface area (TPSA) is 69.6 Å². The quantitative estimate of drug-likeness (QED) is 0.796. The van der Waals surface area contributed by atoms with Gasteiger partial charge in [0.1, 0.15) is 5.69 Å². The van der Waals surface area contributed by atoms with E-state index in [9.17, 15) is 0 Å². The van der Waals surface area contributed by atoms with Crippen LogP contribution in [0.2, 0.25) is 0 Å². The van der Waals surface area contributed by atoms with Gasteiger partial charge >= 0.3 is 0 Å². The molecule has 5 nitrogen and oxygen atoms in total. The largest absolute Gasteiger partial charge is 0.325 e. The Hall–Kier alpha value is -2.53. The van der Waals surface area contributed by atoms with Crippen molar-refractivity contribution in [2.75, 3.05) is 0 Å². The Morgan fingerprint density at radius 1 is 1.10 bits per heavy atom. The van der Waals surface area contributed by atoms with Gasteiger partial charge in [-0.3, -0.25) is 4.98 Å². The molecule has 106 valence electrons. The van der Waals surface area contributed by atoms with Gasteiger partial charge in [-0.2, -0.15) is 0 Å². The molecule has 3 rings (SSSR count). The van der Waals surface area contributed by atoms with E-state index < -0.39 is 0 Å². The second-order valence-electron chi connectivity index (χ2n) is 4.86. The third kappa shape index (κ3) is 2.55. The van der Waals surface area contributed by atoms with Crippen LogP contribution < -0.4 is 5.73 Å². The summed E-state index contributed by atoms with van der Waals surface area (Å²) in [7, 11) is 0. The van der Waals surface area contributed by atoms with Crippen molar-refractivity contribution in [2.45, 2.75) is 19.5 Å². The molecule has 0 saturated heterocycles. The molecule has 5 heteroatoms. The molecule has 0 spiro atoms. The highest BCUT2D eigenvalue weighted by molar-refractivity contribution is 5.61. The lowest BCUT2D eigenvalue weighted by Gasteiger charge is -2.15. The summed E-state index contributed by atoms with van der Waals surface area (Å²) in [5.41, 5.74) is 9.77. The molecule has 2 N–H and O–H groups in total. The summed E-state index contributed by atoms with van der Waals surface area (Å²) in [6, 6.07) is 14.2. The zero-order valence-electron chi connectivity index (χ0n) is 11.8. The van der Waals surface area contributed by atoms with E-state index in [1.54, 1.807) is 12.4 Å². The normalized spacial score (nSPS) is 12.3. The standard InChI is InChI=1S/C16H17N5/c1-12(13-5-3-2-4-6-13)21-16(15(11-17)19-20-21)14-7-9-18-10-8-14/h2-10,12H,11,17H2,1H3. The molecule has 1 unspecified atom stereocenters. The van der Waals surface area contributed by atoms with Crippen LogP contribution in [0.4, 0.5) is 0 Å². The minimum Gasteiger partial charge on any atom is -0.325 e. The number of nitrogens with zero attached hydrogens (tertiary/aromatic N) is 4. The maximum Gasteiger partial charge on any atom is 0.104 e. The number of benzene rings is 1. The number of hydrogen-bond donors (Lipinski definition) is 1. The Morgan fingerprint density at radius 3 is 2.48 bits per heavy atom. The zero-order valence-corrected chi connectivity index (χ0v) is 11.8. The number of pyridine rings is 1. The number of rotatable bonds is 4. The van der Waals surface area contributed by atoms with Gasteiger partial charge in [-0.15, -0.1) is 5.10 Å². The van der Waals surface area contributed by atoms with Crippen LogP contribution in [-0.4, -0.2) is 20.0 Å². The molecule has 2 aromatic heterocycles. The maximum absolute atomic E-state index is 5.81. The van der Waals surface area contributed by atoms with Crippen molar-refractivity contribution in [3.8, 4) is 11.3 Å². The Balaban J connectivity index is 2.10. The molecule has 3 aromatic rings. The summed E-state index contributed by atoms with van der Waals surface area (Å²) >= 11 is 0. The van der Waals surface area contributed by atoms with Crippen molar-refractivity contribution in [2.24, 2.45) is 5.73 Å². The van der Waals surface area contributed by atoms with E-state index in [0.717, 1.165) is 17.0 Å². The third-order valence-corrected chi connectivity index (χ3v) is 3.56. The van der Waals surface area contributed by atoms with E-state index in [-0.39, 0.29) is 6.04 Å². The van der Waals surface area contributed by atoms with Crippen molar-refractivity contribution < 1.29 is 0 Å². The van der Waals surface area contributed by atoms with E-state index in [1.807, 2.05) is 35.0 Å². The van der Waals surface area contributed by atoms with Gasteiger partial charge in [0.15, 0.2) is 0 Å². The predicted octanol–water partition coefficient (Wildman–Crippen LogP) is 2.41. The molecule has 0 saturated carbocycles. The fourth-order valence-corrected chi connectivity index (χ4v) is 2.42. The Morgan fingerprint density at radius 2 is 1.81 bits per heavy atom. The molecule has 0 aliphatic carbocycles. The van der Waals surface area contributed by atoms with Gasteiger partial charge in [-0.1, -0.05) is 35.5 Å². The zero-order chi connectivity index (χ0) is 14.7. The lowest BCUT2D eigenvalue weighted by atomic mass is 10.1. The Kier molecular flexibility index (Phi) is 3.75. The summed E-state index contributed by atoms with van der Waals surface area (Å²) in [5.74, 6) is 0. The van der Waals surface area contributed by atoms with Crippen LogP contribution in [0.3, 0.4) is 0 Å².